The first-order valence-electron chi connectivity index (χ1n) is 8.45. The standard InChI is InChI=1S/C17H21ClN2O5S/c1-11(2)8-19(13-5-6-26(23,24)10-13)16(21)9-20-14-4-3-12(18)7-15(14)25-17(20)22/h3-4,7,11,13H,5-6,8-10H2,1-2H3/t13-/m0/s1. The van der Waals surface area contributed by atoms with Gasteiger partial charge in [0.1, 0.15) is 6.54 Å². The number of oxazole rings is 1. The molecular formula is C17H21ClN2O5S. The Morgan fingerprint density at radius 3 is 2.77 bits per heavy atom. The van der Waals surface area contributed by atoms with Crippen LogP contribution >= 0.6 is 11.6 Å². The molecule has 2 aromatic rings. The zero-order valence-electron chi connectivity index (χ0n) is 14.6. The second-order valence-corrected chi connectivity index (χ2v) is 9.73. The van der Waals surface area contributed by atoms with E-state index < -0.39 is 15.6 Å². The molecular weight excluding hydrogens is 380 g/mol. The molecule has 0 aliphatic carbocycles. The Morgan fingerprint density at radius 2 is 2.15 bits per heavy atom. The van der Waals surface area contributed by atoms with E-state index in [0.29, 0.717) is 29.1 Å². The van der Waals surface area contributed by atoms with E-state index in [4.69, 9.17) is 16.0 Å². The quantitative estimate of drug-likeness (QED) is 0.764. The number of nitrogens with zero attached hydrogens (tertiary/aromatic N) is 2. The number of hydrogen-bond acceptors (Lipinski definition) is 5. The summed E-state index contributed by atoms with van der Waals surface area (Å²) in [5.41, 5.74) is 0.797. The van der Waals surface area contributed by atoms with Crippen LogP contribution in [0.1, 0.15) is 20.3 Å². The Kier molecular flexibility index (Phi) is 5.16. The molecule has 2 heterocycles. The van der Waals surface area contributed by atoms with Crippen LogP contribution in [0.3, 0.4) is 0 Å². The minimum atomic E-state index is -3.12. The van der Waals surface area contributed by atoms with Gasteiger partial charge in [-0.3, -0.25) is 9.36 Å². The summed E-state index contributed by atoms with van der Waals surface area (Å²) >= 11 is 5.90. The highest BCUT2D eigenvalue weighted by Gasteiger charge is 2.35. The molecule has 0 unspecified atom stereocenters. The lowest BCUT2D eigenvalue weighted by Crippen LogP contribution is -2.45. The van der Waals surface area contributed by atoms with Crippen LogP contribution in [-0.4, -0.2) is 47.9 Å². The maximum atomic E-state index is 12.9. The van der Waals surface area contributed by atoms with Gasteiger partial charge in [0.15, 0.2) is 15.4 Å². The van der Waals surface area contributed by atoms with Crippen molar-refractivity contribution in [2.24, 2.45) is 5.92 Å². The summed E-state index contributed by atoms with van der Waals surface area (Å²) in [6.07, 6.45) is 0.428. The van der Waals surface area contributed by atoms with Crippen LogP contribution in [0, 0.1) is 5.92 Å². The summed E-state index contributed by atoms with van der Waals surface area (Å²) in [7, 11) is -3.12. The average molecular weight is 401 g/mol. The highest BCUT2D eigenvalue weighted by molar-refractivity contribution is 7.91. The van der Waals surface area contributed by atoms with Gasteiger partial charge in [-0.1, -0.05) is 25.4 Å². The third kappa shape index (κ3) is 3.96. The molecule has 142 valence electrons. The van der Waals surface area contributed by atoms with Crippen molar-refractivity contribution in [2.45, 2.75) is 32.9 Å². The maximum Gasteiger partial charge on any atom is 0.420 e. The first kappa shape index (κ1) is 19.0. The first-order chi connectivity index (χ1) is 12.2. The van der Waals surface area contributed by atoms with E-state index in [2.05, 4.69) is 0 Å². The molecule has 0 saturated carbocycles. The number of halogens is 1. The first-order valence-corrected chi connectivity index (χ1v) is 10.6. The Labute approximate surface area is 156 Å². The van der Waals surface area contributed by atoms with Crippen LogP contribution in [0.4, 0.5) is 0 Å². The predicted octanol–water partition coefficient (Wildman–Crippen LogP) is 1.92. The van der Waals surface area contributed by atoms with Gasteiger partial charge in [0, 0.05) is 23.7 Å². The molecule has 26 heavy (non-hydrogen) atoms. The molecule has 0 N–H and O–H groups in total. The average Bonchev–Trinajstić information content (AvgIpc) is 3.04. The molecule has 1 amide bonds. The second-order valence-electron chi connectivity index (χ2n) is 7.06. The molecule has 1 aromatic carbocycles. The number of carbonyl (C=O) groups is 1. The van der Waals surface area contributed by atoms with Crippen LogP contribution < -0.4 is 5.76 Å². The van der Waals surface area contributed by atoms with Crippen LogP contribution in [0.25, 0.3) is 11.1 Å². The number of fused-ring (bicyclic) bond motifs is 1. The van der Waals surface area contributed by atoms with Crippen molar-refractivity contribution in [2.75, 3.05) is 18.1 Å². The van der Waals surface area contributed by atoms with Gasteiger partial charge in [0.2, 0.25) is 5.91 Å². The van der Waals surface area contributed by atoms with Gasteiger partial charge >= 0.3 is 5.76 Å². The Bertz CT molecular complexity index is 992. The van der Waals surface area contributed by atoms with Gasteiger partial charge in [-0.05, 0) is 24.5 Å². The fourth-order valence-corrected chi connectivity index (χ4v) is 5.18. The molecule has 1 fully saturated rings. The molecule has 1 aliphatic rings. The van der Waals surface area contributed by atoms with Crippen molar-refractivity contribution < 1.29 is 17.6 Å². The van der Waals surface area contributed by atoms with Gasteiger partial charge in [-0.25, -0.2) is 13.2 Å². The minimum Gasteiger partial charge on any atom is -0.408 e. The third-order valence-corrected chi connectivity index (χ3v) is 6.44. The van der Waals surface area contributed by atoms with Crippen molar-refractivity contribution in [1.29, 1.82) is 0 Å². The van der Waals surface area contributed by atoms with Gasteiger partial charge in [0.25, 0.3) is 0 Å². The summed E-state index contributed by atoms with van der Waals surface area (Å²) in [4.78, 5) is 26.6. The van der Waals surface area contributed by atoms with Crippen LogP contribution in [0.5, 0.6) is 0 Å². The van der Waals surface area contributed by atoms with E-state index >= 15 is 0 Å². The monoisotopic (exact) mass is 400 g/mol. The highest BCUT2D eigenvalue weighted by Crippen LogP contribution is 2.21. The van der Waals surface area contributed by atoms with Gasteiger partial charge in [-0.2, -0.15) is 0 Å². The number of rotatable bonds is 5. The van der Waals surface area contributed by atoms with Crippen molar-refractivity contribution in [3.05, 3.63) is 33.8 Å². The Morgan fingerprint density at radius 1 is 1.42 bits per heavy atom. The molecule has 1 aromatic heterocycles. The van der Waals surface area contributed by atoms with Crippen molar-refractivity contribution >= 4 is 38.4 Å². The van der Waals surface area contributed by atoms with E-state index in [9.17, 15) is 18.0 Å². The molecule has 3 rings (SSSR count). The number of sulfone groups is 1. The lowest BCUT2D eigenvalue weighted by Gasteiger charge is -2.30. The third-order valence-electron chi connectivity index (χ3n) is 4.46. The van der Waals surface area contributed by atoms with Crippen molar-refractivity contribution in [3.63, 3.8) is 0 Å². The van der Waals surface area contributed by atoms with Gasteiger partial charge in [-0.15, -0.1) is 0 Å². The SMILES string of the molecule is CC(C)CN(C(=O)Cn1c(=O)oc2cc(Cl)ccc21)[C@H]1CCS(=O)(=O)C1. The fourth-order valence-electron chi connectivity index (χ4n) is 3.29. The van der Waals surface area contributed by atoms with Crippen molar-refractivity contribution in [3.8, 4) is 0 Å². The van der Waals surface area contributed by atoms with Crippen molar-refractivity contribution in [1.82, 2.24) is 9.47 Å². The number of hydrogen-bond donors (Lipinski definition) is 0. The van der Waals surface area contributed by atoms with E-state index in [-0.39, 0.29) is 35.9 Å². The predicted molar refractivity (Wildman–Crippen MR) is 99.1 cm³/mol. The molecule has 9 heteroatoms. The largest absolute Gasteiger partial charge is 0.420 e. The van der Waals surface area contributed by atoms with Crippen LogP contribution in [0.15, 0.2) is 27.4 Å². The summed E-state index contributed by atoms with van der Waals surface area (Å²) in [6.45, 7) is 4.17. The highest BCUT2D eigenvalue weighted by atomic mass is 35.5. The Balaban J connectivity index is 1.89. The number of carbonyl (C=O) groups excluding carboxylic acids is 1. The zero-order valence-corrected chi connectivity index (χ0v) is 16.2. The van der Waals surface area contributed by atoms with Crippen LogP contribution in [0.2, 0.25) is 5.02 Å². The summed E-state index contributed by atoms with van der Waals surface area (Å²) in [5, 5.41) is 0.433. The normalized spacial score (nSPS) is 19.3. The zero-order chi connectivity index (χ0) is 19.1. The van der Waals surface area contributed by atoms with E-state index in [1.807, 2.05) is 13.8 Å². The Hall–Kier alpha value is -1.80. The van der Waals surface area contributed by atoms with Gasteiger partial charge in [0.05, 0.1) is 17.0 Å². The molecule has 0 radical (unpaired) electrons. The maximum absolute atomic E-state index is 12.9. The molecule has 7 nitrogen and oxygen atoms in total. The van der Waals surface area contributed by atoms with E-state index in [1.165, 1.54) is 10.6 Å². The van der Waals surface area contributed by atoms with E-state index in [0.717, 1.165) is 0 Å². The number of benzene rings is 1. The minimum absolute atomic E-state index is 0.0257. The smallest absolute Gasteiger partial charge is 0.408 e. The molecule has 0 bridgehead atoms. The molecule has 1 saturated heterocycles. The fraction of sp³-hybridized carbons (Fsp3) is 0.529. The summed E-state index contributed by atoms with van der Waals surface area (Å²) < 4.78 is 30.0. The van der Waals surface area contributed by atoms with E-state index in [1.54, 1.807) is 17.0 Å². The lowest BCUT2D eigenvalue weighted by atomic mass is 10.1. The second kappa shape index (κ2) is 7.08. The number of aromatic nitrogens is 1. The number of amides is 1. The molecule has 1 aliphatic heterocycles. The van der Waals surface area contributed by atoms with Gasteiger partial charge < -0.3 is 9.32 Å². The summed E-state index contributed by atoms with van der Waals surface area (Å²) in [6, 6.07) is 4.42. The topological polar surface area (TPSA) is 89.6 Å². The molecule has 0 spiro atoms. The van der Waals surface area contributed by atoms with Crippen LogP contribution in [-0.2, 0) is 21.2 Å². The summed E-state index contributed by atoms with van der Waals surface area (Å²) in [5.74, 6) is -0.687. The lowest BCUT2D eigenvalue weighted by molar-refractivity contribution is -0.134. The molecule has 1 atom stereocenters.